The summed E-state index contributed by atoms with van der Waals surface area (Å²) >= 11 is 0. The zero-order chi connectivity index (χ0) is 15.4. The quantitative estimate of drug-likeness (QED) is 0.817. The molecule has 0 saturated carbocycles. The molecule has 1 aliphatic heterocycles. The number of carboxylic acids is 1. The molecule has 0 unspecified atom stereocenters. The molecule has 1 aromatic rings. The van der Waals surface area contributed by atoms with Gasteiger partial charge in [0.25, 0.3) is 0 Å². The third kappa shape index (κ3) is 5.74. The van der Waals surface area contributed by atoms with E-state index in [-0.39, 0.29) is 0 Å². The topological polar surface area (TPSA) is 49.3 Å². The molecule has 20 heavy (non-hydrogen) atoms. The minimum absolute atomic E-state index is 0.331. The summed E-state index contributed by atoms with van der Waals surface area (Å²) in [5, 5.41) is 12.0. The van der Waals surface area contributed by atoms with Gasteiger partial charge in [-0.25, -0.2) is 4.79 Å². The monoisotopic (exact) mass is 277 g/mol. The van der Waals surface area contributed by atoms with Crippen LogP contribution in [0.2, 0.25) is 0 Å². The zero-order valence-electron chi connectivity index (χ0n) is 13.2. The fourth-order valence-corrected chi connectivity index (χ4v) is 3.41. The van der Waals surface area contributed by atoms with Gasteiger partial charge in [0.1, 0.15) is 0 Å². The summed E-state index contributed by atoms with van der Waals surface area (Å²) in [6, 6.07) is 8.30. The molecule has 1 saturated heterocycles. The van der Waals surface area contributed by atoms with Crippen molar-refractivity contribution in [3.8, 4) is 0 Å². The van der Waals surface area contributed by atoms with E-state index in [1.165, 1.54) is 12.8 Å². The standard InChI is InChI=1S/C10H21N.C7H6O2/c1-8-6-9(2,3)11-10(4,5)7-8;8-7(9)6-4-2-1-3-5-6/h8,11H,6-7H2,1-5H3;1-5H,(H,8,9). The molecule has 0 bridgehead atoms. The minimum Gasteiger partial charge on any atom is -0.478 e. The van der Waals surface area contributed by atoms with Gasteiger partial charge in [-0.1, -0.05) is 25.1 Å². The van der Waals surface area contributed by atoms with Gasteiger partial charge in [-0.05, 0) is 58.6 Å². The Bertz CT molecular complexity index is 422. The van der Waals surface area contributed by atoms with Crippen LogP contribution in [-0.2, 0) is 0 Å². The largest absolute Gasteiger partial charge is 0.478 e. The van der Waals surface area contributed by atoms with Crippen molar-refractivity contribution in [1.82, 2.24) is 5.32 Å². The Kier molecular flexibility index (Phi) is 5.35. The molecule has 2 N–H and O–H groups in total. The van der Waals surface area contributed by atoms with E-state index in [0.717, 1.165) is 5.92 Å². The lowest BCUT2D eigenvalue weighted by Crippen LogP contribution is -2.57. The molecular weight excluding hydrogens is 250 g/mol. The molecule has 0 aliphatic carbocycles. The van der Waals surface area contributed by atoms with E-state index >= 15 is 0 Å². The van der Waals surface area contributed by atoms with Crippen molar-refractivity contribution < 1.29 is 9.90 Å². The molecule has 0 amide bonds. The van der Waals surface area contributed by atoms with Crippen LogP contribution in [0.1, 0.15) is 57.8 Å². The third-order valence-electron chi connectivity index (χ3n) is 3.42. The van der Waals surface area contributed by atoms with Crippen molar-refractivity contribution in [2.24, 2.45) is 5.92 Å². The van der Waals surface area contributed by atoms with Crippen molar-refractivity contribution in [1.29, 1.82) is 0 Å². The second-order valence-electron chi connectivity index (χ2n) is 7.08. The maximum atomic E-state index is 10.2. The van der Waals surface area contributed by atoms with Gasteiger partial charge >= 0.3 is 5.97 Å². The van der Waals surface area contributed by atoms with Gasteiger partial charge in [-0.2, -0.15) is 0 Å². The van der Waals surface area contributed by atoms with Gasteiger partial charge in [0, 0.05) is 11.1 Å². The van der Waals surface area contributed by atoms with Gasteiger partial charge < -0.3 is 10.4 Å². The SMILES string of the molecule is CC1CC(C)(C)NC(C)(C)C1.O=C(O)c1ccccc1. The first-order valence-corrected chi connectivity index (χ1v) is 7.19. The van der Waals surface area contributed by atoms with Crippen molar-refractivity contribution in [3.05, 3.63) is 35.9 Å². The van der Waals surface area contributed by atoms with E-state index in [0.29, 0.717) is 16.6 Å². The van der Waals surface area contributed by atoms with E-state index in [4.69, 9.17) is 5.11 Å². The highest BCUT2D eigenvalue weighted by Gasteiger charge is 2.35. The number of nitrogens with one attached hydrogen (secondary N) is 1. The predicted molar refractivity (Wildman–Crippen MR) is 83.1 cm³/mol. The molecule has 1 aromatic carbocycles. The van der Waals surface area contributed by atoms with Crippen LogP contribution in [0.4, 0.5) is 0 Å². The third-order valence-corrected chi connectivity index (χ3v) is 3.42. The molecule has 1 fully saturated rings. The first-order valence-electron chi connectivity index (χ1n) is 7.19. The highest BCUT2D eigenvalue weighted by molar-refractivity contribution is 5.87. The smallest absolute Gasteiger partial charge is 0.335 e. The fraction of sp³-hybridized carbons (Fsp3) is 0.588. The van der Waals surface area contributed by atoms with Crippen LogP contribution >= 0.6 is 0 Å². The minimum atomic E-state index is -0.879. The normalized spacial score (nSPS) is 20.6. The molecule has 2 rings (SSSR count). The van der Waals surface area contributed by atoms with Crippen molar-refractivity contribution in [3.63, 3.8) is 0 Å². The van der Waals surface area contributed by atoms with Gasteiger partial charge in [0.2, 0.25) is 0 Å². The Morgan fingerprint density at radius 1 is 1.10 bits per heavy atom. The lowest BCUT2D eigenvalue weighted by molar-refractivity contribution is 0.0697. The number of carboxylic acid groups (broad SMARTS) is 1. The van der Waals surface area contributed by atoms with Crippen molar-refractivity contribution >= 4 is 5.97 Å². The number of aromatic carboxylic acids is 1. The van der Waals surface area contributed by atoms with Crippen molar-refractivity contribution in [2.75, 3.05) is 0 Å². The number of benzene rings is 1. The van der Waals surface area contributed by atoms with Crippen LogP contribution in [-0.4, -0.2) is 22.2 Å². The Morgan fingerprint density at radius 2 is 1.55 bits per heavy atom. The van der Waals surface area contributed by atoms with Crippen LogP contribution in [0.25, 0.3) is 0 Å². The summed E-state index contributed by atoms with van der Waals surface area (Å²) in [4.78, 5) is 10.2. The summed E-state index contributed by atoms with van der Waals surface area (Å²) < 4.78 is 0. The fourth-order valence-electron chi connectivity index (χ4n) is 3.41. The zero-order valence-corrected chi connectivity index (χ0v) is 13.2. The summed E-state index contributed by atoms with van der Waals surface area (Å²) in [6.07, 6.45) is 2.60. The van der Waals surface area contributed by atoms with Gasteiger partial charge in [-0.3, -0.25) is 0 Å². The lowest BCUT2D eigenvalue weighted by atomic mass is 9.77. The van der Waals surface area contributed by atoms with E-state index in [2.05, 4.69) is 39.9 Å². The molecule has 1 aliphatic rings. The second kappa shape index (κ2) is 6.40. The first kappa shape index (κ1) is 16.7. The van der Waals surface area contributed by atoms with Crippen molar-refractivity contribution in [2.45, 2.75) is 58.5 Å². The molecule has 0 radical (unpaired) electrons. The molecule has 112 valence electrons. The molecule has 0 aromatic heterocycles. The maximum Gasteiger partial charge on any atom is 0.335 e. The second-order valence-corrected chi connectivity index (χ2v) is 7.08. The highest BCUT2D eigenvalue weighted by Crippen LogP contribution is 2.31. The van der Waals surface area contributed by atoms with E-state index in [1.54, 1.807) is 30.3 Å². The van der Waals surface area contributed by atoms with Crippen LogP contribution in [0, 0.1) is 5.92 Å². The number of hydrogen-bond donors (Lipinski definition) is 2. The molecule has 1 heterocycles. The molecular formula is C17H27NO2. The van der Waals surface area contributed by atoms with Crippen LogP contribution in [0.3, 0.4) is 0 Å². The Labute approximate surface area is 122 Å². The Hall–Kier alpha value is -1.35. The molecule has 3 nitrogen and oxygen atoms in total. The summed E-state index contributed by atoms with van der Waals surface area (Å²) in [5.41, 5.74) is 1.00. The summed E-state index contributed by atoms with van der Waals surface area (Å²) in [6.45, 7) is 11.5. The van der Waals surface area contributed by atoms with E-state index in [9.17, 15) is 4.79 Å². The Morgan fingerprint density at radius 3 is 1.85 bits per heavy atom. The summed E-state index contributed by atoms with van der Waals surface area (Å²) in [7, 11) is 0. The number of hydrogen-bond acceptors (Lipinski definition) is 2. The van der Waals surface area contributed by atoms with Gasteiger partial charge in [0.15, 0.2) is 0 Å². The average Bonchev–Trinajstić information content (AvgIpc) is 2.25. The van der Waals surface area contributed by atoms with E-state index < -0.39 is 5.97 Å². The average molecular weight is 277 g/mol. The Balaban J connectivity index is 0.000000204. The highest BCUT2D eigenvalue weighted by atomic mass is 16.4. The predicted octanol–water partition coefficient (Wildman–Crippen LogP) is 3.95. The first-order chi connectivity index (χ1) is 9.11. The van der Waals surface area contributed by atoms with Gasteiger partial charge in [0.05, 0.1) is 5.56 Å². The van der Waals surface area contributed by atoms with Gasteiger partial charge in [-0.15, -0.1) is 0 Å². The molecule has 0 spiro atoms. The number of piperidine rings is 1. The van der Waals surface area contributed by atoms with Crippen LogP contribution < -0.4 is 5.32 Å². The lowest BCUT2D eigenvalue weighted by Gasteiger charge is -2.45. The maximum absolute atomic E-state index is 10.2. The summed E-state index contributed by atoms with van der Waals surface area (Å²) in [5.74, 6) is -0.0168. The molecule has 0 atom stereocenters. The van der Waals surface area contributed by atoms with E-state index in [1.807, 2.05) is 0 Å². The van der Waals surface area contributed by atoms with Crippen LogP contribution in [0.5, 0.6) is 0 Å². The molecule has 3 heteroatoms. The number of carbonyl (C=O) groups is 1. The number of rotatable bonds is 1. The van der Waals surface area contributed by atoms with Crippen LogP contribution in [0.15, 0.2) is 30.3 Å².